The van der Waals surface area contributed by atoms with E-state index >= 15 is 0 Å². The summed E-state index contributed by atoms with van der Waals surface area (Å²) in [6.07, 6.45) is 0. The van der Waals surface area contributed by atoms with Gasteiger partial charge in [0.05, 0.1) is 0 Å². The predicted molar refractivity (Wildman–Crippen MR) is 47.4 cm³/mol. The van der Waals surface area contributed by atoms with E-state index in [2.05, 4.69) is 4.74 Å². The Labute approximate surface area is 84.6 Å². The summed E-state index contributed by atoms with van der Waals surface area (Å²) in [5.41, 5.74) is 3.99. The summed E-state index contributed by atoms with van der Waals surface area (Å²) in [6, 6.07) is 1.95. The molecule has 0 spiro atoms. The van der Waals surface area contributed by atoms with E-state index in [1.807, 2.05) is 0 Å². The standard InChI is InChI=1S/C9H9F2NO3/c1-14-4-15-6-3-2-5(10)7(8(6)11)9(12)13/h2-3H,4H2,1H3,(H2,12,13). The van der Waals surface area contributed by atoms with E-state index in [-0.39, 0.29) is 12.5 Å². The summed E-state index contributed by atoms with van der Waals surface area (Å²) in [5, 5.41) is 0. The van der Waals surface area contributed by atoms with Gasteiger partial charge < -0.3 is 15.2 Å². The second-order valence-electron chi connectivity index (χ2n) is 2.65. The fourth-order valence-corrected chi connectivity index (χ4v) is 0.993. The molecule has 0 unspecified atom stereocenters. The number of benzene rings is 1. The number of halogens is 2. The van der Waals surface area contributed by atoms with Crippen LogP contribution in [0.25, 0.3) is 0 Å². The fourth-order valence-electron chi connectivity index (χ4n) is 0.993. The van der Waals surface area contributed by atoms with E-state index in [0.29, 0.717) is 0 Å². The van der Waals surface area contributed by atoms with E-state index in [9.17, 15) is 13.6 Å². The maximum atomic E-state index is 13.4. The minimum atomic E-state index is -1.19. The van der Waals surface area contributed by atoms with Crippen LogP contribution in [0.2, 0.25) is 0 Å². The molecule has 0 saturated carbocycles. The molecule has 0 atom stereocenters. The number of primary amides is 1. The summed E-state index contributed by atoms with van der Waals surface area (Å²) < 4.78 is 35.7. The first-order chi connectivity index (χ1) is 7.07. The lowest BCUT2D eigenvalue weighted by Gasteiger charge is -2.08. The lowest BCUT2D eigenvalue weighted by atomic mass is 10.2. The van der Waals surface area contributed by atoms with Crippen molar-refractivity contribution < 1.29 is 23.0 Å². The summed E-state index contributed by atoms with van der Waals surface area (Å²) >= 11 is 0. The van der Waals surface area contributed by atoms with Crippen LogP contribution < -0.4 is 10.5 Å². The molecule has 2 N–H and O–H groups in total. The Balaban J connectivity index is 3.11. The molecular weight excluding hydrogens is 208 g/mol. The van der Waals surface area contributed by atoms with E-state index in [1.54, 1.807) is 0 Å². The molecule has 0 radical (unpaired) electrons. The van der Waals surface area contributed by atoms with Gasteiger partial charge in [-0.2, -0.15) is 0 Å². The fraction of sp³-hybridized carbons (Fsp3) is 0.222. The number of amides is 1. The summed E-state index contributed by atoms with van der Waals surface area (Å²) in [5.74, 6) is -3.62. The van der Waals surface area contributed by atoms with E-state index in [0.717, 1.165) is 12.1 Å². The molecule has 82 valence electrons. The largest absolute Gasteiger partial charge is 0.464 e. The summed E-state index contributed by atoms with van der Waals surface area (Å²) in [6.45, 7) is -0.208. The Kier molecular flexibility index (Phi) is 3.56. The van der Waals surface area contributed by atoms with Gasteiger partial charge >= 0.3 is 0 Å². The third-order valence-electron chi connectivity index (χ3n) is 1.63. The molecule has 0 fully saturated rings. The van der Waals surface area contributed by atoms with Gasteiger partial charge in [-0.1, -0.05) is 0 Å². The first kappa shape index (κ1) is 11.4. The molecule has 6 heteroatoms. The van der Waals surface area contributed by atoms with Crippen molar-refractivity contribution in [2.24, 2.45) is 5.73 Å². The zero-order valence-electron chi connectivity index (χ0n) is 7.92. The molecule has 1 rings (SSSR count). The number of hydrogen-bond acceptors (Lipinski definition) is 3. The van der Waals surface area contributed by atoms with Gasteiger partial charge in [0.15, 0.2) is 18.4 Å². The molecule has 0 aliphatic heterocycles. The van der Waals surface area contributed by atoms with Gasteiger partial charge in [-0.15, -0.1) is 0 Å². The van der Waals surface area contributed by atoms with Gasteiger partial charge in [-0.25, -0.2) is 8.78 Å². The normalized spacial score (nSPS) is 10.1. The van der Waals surface area contributed by atoms with Crippen LogP contribution in [0.4, 0.5) is 8.78 Å². The molecule has 0 saturated heterocycles. The highest BCUT2D eigenvalue weighted by Gasteiger charge is 2.18. The first-order valence-corrected chi connectivity index (χ1v) is 3.97. The third kappa shape index (κ3) is 2.41. The highest BCUT2D eigenvalue weighted by atomic mass is 19.1. The Hall–Kier alpha value is -1.69. The monoisotopic (exact) mass is 217 g/mol. The number of methoxy groups -OCH3 is 1. The SMILES string of the molecule is COCOc1ccc(F)c(C(N)=O)c1F. The first-order valence-electron chi connectivity index (χ1n) is 3.97. The number of carbonyl (C=O) groups is 1. The highest BCUT2D eigenvalue weighted by molar-refractivity contribution is 5.93. The van der Waals surface area contributed by atoms with Crippen molar-refractivity contribution >= 4 is 5.91 Å². The minimum Gasteiger partial charge on any atom is -0.464 e. The molecule has 0 aliphatic carbocycles. The average molecular weight is 217 g/mol. The lowest BCUT2D eigenvalue weighted by Crippen LogP contribution is -2.16. The zero-order chi connectivity index (χ0) is 11.4. The van der Waals surface area contributed by atoms with Crippen LogP contribution >= 0.6 is 0 Å². The van der Waals surface area contributed by atoms with E-state index in [1.165, 1.54) is 7.11 Å². The smallest absolute Gasteiger partial charge is 0.254 e. The lowest BCUT2D eigenvalue weighted by molar-refractivity contribution is 0.0479. The number of hydrogen-bond donors (Lipinski definition) is 1. The predicted octanol–water partition coefficient (Wildman–Crippen LogP) is 1.05. The van der Waals surface area contributed by atoms with Gasteiger partial charge in [0.25, 0.3) is 5.91 Å². The zero-order valence-corrected chi connectivity index (χ0v) is 7.92. The number of nitrogens with two attached hydrogens (primary N) is 1. The topological polar surface area (TPSA) is 61.6 Å². The van der Waals surface area contributed by atoms with Crippen molar-refractivity contribution in [1.29, 1.82) is 0 Å². The maximum Gasteiger partial charge on any atom is 0.254 e. The Bertz CT molecular complexity index is 382. The van der Waals surface area contributed by atoms with E-state index < -0.39 is 23.1 Å². The molecule has 1 aromatic rings. The number of carbonyl (C=O) groups excluding carboxylic acids is 1. The van der Waals surface area contributed by atoms with Gasteiger partial charge in [-0.3, -0.25) is 4.79 Å². The molecule has 1 amide bonds. The van der Waals surface area contributed by atoms with Gasteiger partial charge in [-0.05, 0) is 12.1 Å². The molecule has 4 nitrogen and oxygen atoms in total. The minimum absolute atomic E-state index is 0.208. The van der Waals surface area contributed by atoms with Crippen LogP contribution in [-0.4, -0.2) is 19.8 Å². The second-order valence-corrected chi connectivity index (χ2v) is 2.65. The molecule has 0 bridgehead atoms. The molecule has 1 aromatic carbocycles. The van der Waals surface area contributed by atoms with Crippen LogP contribution in [0.15, 0.2) is 12.1 Å². The van der Waals surface area contributed by atoms with Crippen molar-refractivity contribution in [3.8, 4) is 5.75 Å². The van der Waals surface area contributed by atoms with Crippen molar-refractivity contribution in [3.63, 3.8) is 0 Å². The molecule has 0 aromatic heterocycles. The van der Waals surface area contributed by atoms with Crippen LogP contribution in [0.1, 0.15) is 10.4 Å². The van der Waals surface area contributed by atoms with Crippen molar-refractivity contribution in [1.82, 2.24) is 0 Å². The van der Waals surface area contributed by atoms with E-state index in [4.69, 9.17) is 10.5 Å². The van der Waals surface area contributed by atoms with Crippen LogP contribution in [-0.2, 0) is 4.74 Å². The summed E-state index contributed by atoms with van der Waals surface area (Å²) in [4.78, 5) is 10.7. The third-order valence-corrected chi connectivity index (χ3v) is 1.63. The summed E-state index contributed by atoms with van der Waals surface area (Å²) in [7, 11) is 1.34. The van der Waals surface area contributed by atoms with Crippen LogP contribution in [0.5, 0.6) is 5.75 Å². The van der Waals surface area contributed by atoms with Crippen molar-refractivity contribution in [2.45, 2.75) is 0 Å². The molecular formula is C9H9F2NO3. The Morgan fingerprint density at radius 1 is 1.47 bits per heavy atom. The van der Waals surface area contributed by atoms with Crippen molar-refractivity contribution in [2.75, 3.05) is 13.9 Å². The highest BCUT2D eigenvalue weighted by Crippen LogP contribution is 2.22. The van der Waals surface area contributed by atoms with Crippen LogP contribution in [0.3, 0.4) is 0 Å². The molecule has 15 heavy (non-hydrogen) atoms. The van der Waals surface area contributed by atoms with Crippen molar-refractivity contribution in [3.05, 3.63) is 29.3 Å². The molecule has 0 heterocycles. The van der Waals surface area contributed by atoms with Gasteiger partial charge in [0.1, 0.15) is 11.4 Å². The maximum absolute atomic E-state index is 13.4. The van der Waals surface area contributed by atoms with Gasteiger partial charge in [0, 0.05) is 7.11 Å². The number of rotatable bonds is 4. The molecule has 0 aliphatic rings. The number of ether oxygens (including phenoxy) is 2. The second kappa shape index (κ2) is 4.70. The van der Waals surface area contributed by atoms with Gasteiger partial charge in [0.2, 0.25) is 0 Å². The average Bonchev–Trinajstić information content (AvgIpc) is 2.16. The quantitative estimate of drug-likeness (QED) is 0.766. The van der Waals surface area contributed by atoms with Crippen LogP contribution in [0, 0.1) is 11.6 Å². The Morgan fingerprint density at radius 3 is 2.67 bits per heavy atom. The Morgan fingerprint density at radius 2 is 2.13 bits per heavy atom.